The molecule has 0 unspecified atom stereocenters. The predicted octanol–water partition coefficient (Wildman–Crippen LogP) is 3.73. The summed E-state index contributed by atoms with van der Waals surface area (Å²) in [5, 5.41) is 6.95. The summed E-state index contributed by atoms with van der Waals surface area (Å²) < 4.78 is 10.9. The van der Waals surface area contributed by atoms with Crippen LogP contribution in [0, 0.1) is 0 Å². The van der Waals surface area contributed by atoms with Crippen LogP contribution in [0.2, 0.25) is 0 Å². The molecule has 0 atom stereocenters. The summed E-state index contributed by atoms with van der Waals surface area (Å²) >= 11 is 1.70. The van der Waals surface area contributed by atoms with Crippen molar-refractivity contribution in [2.24, 2.45) is 0 Å². The van der Waals surface area contributed by atoms with Crippen LogP contribution < -0.4 is 19.7 Å². The van der Waals surface area contributed by atoms with Crippen LogP contribution in [0.4, 0.5) is 5.69 Å². The van der Waals surface area contributed by atoms with E-state index in [0.717, 1.165) is 66.7 Å². The first kappa shape index (κ1) is 18.4. The molecule has 0 aliphatic carbocycles. The molecule has 2 aliphatic heterocycles. The second kappa shape index (κ2) is 8.39. The molecule has 1 saturated heterocycles. The molecule has 1 aromatic carbocycles. The Kier molecular flexibility index (Phi) is 5.32. The smallest absolute Gasteiger partial charge is 0.231 e. The van der Waals surface area contributed by atoms with Crippen molar-refractivity contribution in [1.82, 2.24) is 15.3 Å². The number of piperidine rings is 1. The minimum absolute atomic E-state index is 0.327. The van der Waals surface area contributed by atoms with Crippen LogP contribution >= 0.6 is 11.3 Å². The van der Waals surface area contributed by atoms with Crippen LogP contribution in [0.1, 0.15) is 18.5 Å². The van der Waals surface area contributed by atoms with Crippen LogP contribution in [0.5, 0.6) is 11.5 Å². The zero-order chi connectivity index (χ0) is 19.5. The Labute approximate surface area is 174 Å². The van der Waals surface area contributed by atoms with E-state index in [0.29, 0.717) is 12.8 Å². The van der Waals surface area contributed by atoms with Gasteiger partial charge < -0.3 is 19.7 Å². The monoisotopic (exact) mass is 408 g/mol. The molecular weight excluding hydrogens is 384 g/mol. The Morgan fingerprint density at radius 1 is 1.07 bits per heavy atom. The van der Waals surface area contributed by atoms with Gasteiger partial charge in [-0.25, -0.2) is 4.98 Å². The van der Waals surface area contributed by atoms with E-state index in [1.54, 1.807) is 11.3 Å². The fourth-order valence-electron chi connectivity index (χ4n) is 3.88. The lowest BCUT2D eigenvalue weighted by atomic mass is 10.0. The average Bonchev–Trinajstić information content (AvgIpc) is 3.44. The van der Waals surface area contributed by atoms with Gasteiger partial charge in [-0.1, -0.05) is 0 Å². The van der Waals surface area contributed by atoms with E-state index in [-0.39, 0.29) is 0 Å². The van der Waals surface area contributed by atoms with Gasteiger partial charge in [0.25, 0.3) is 0 Å². The third kappa shape index (κ3) is 4.21. The maximum Gasteiger partial charge on any atom is 0.231 e. The number of rotatable bonds is 6. The van der Waals surface area contributed by atoms with Gasteiger partial charge in [0.1, 0.15) is 5.01 Å². The predicted molar refractivity (Wildman–Crippen MR) is 115 cm³/mol. The highest BCUT2D eigenvalue weighted by Crippen LogP contribution is 2.36. The van der Waals surface area contributed by atoms with Crippen molar-refractivity contribution in [3.05, 3.63) is 53.8 Å². The molecular formula is C22H24N4O2S. The number of nitrogens with zero attached hydrogens (tertiary/aromatic N) is 3. The molecule has 4 heterocycles. The van der Waals surface area contributed by atoms with Gasteiger partial charge in [-0.3, -0.25) is 4.98 Å². The molecule has 7 heteroatoms. The van der Waals surface area contributed by atoms with Crippen molar-refractivity contribution in [1.29, 1.82) is 0 Å². The highest BCUT2D eigenvalue weighted by molar-refractivity contribution is 7.13. The van der Waals surface area contributed by atoms with E-state index in [1.165, 1.54) is 5.69 Å². The van der Waals surface area contributed by atoms with Gasteiger partial charge in [0, 0.05) is 67.2 Å². The highest BCUT2D eigenvalue weighted by atomic mass is 32.1. The number of hydrogen-bond acceptors (Lipinski definition) is 7. The van der Waals surface area contributed by atoms with Gasteiger partial charge in [-0.05, 0) is 37.1 Å². The normalized spacial score (nSPS) is 16.3. The number of pyridine rings is 1. The molecule has 150 valence electrons. The quantitative estimate of drug-likeness (QED) is 0.671. The fourth-order valence-corrected chi connectivity index (χ4v) is 4.74. The maximum absolute atomic E-state index is 5.51. The molecule has 0 spiro atoms. The number of anilines is 1. The second-order valence-electron chi connectivity index (χ2n) is 7.38. The lowest BCUT2D eigenvalue weighted by Crippen LogP contribution is -2.43. The number of fused-ring (bicyclic) bond motifs is 1. The van der Waals surface area contributed by atoms with Crippen LogP contribution in [-0.2, 0) is 6.42 Å². The molecule has 0 saturated carbocycles. The Morgan fingerprint density at radius 2 is 1.90 bits per heavy atom. The van der Waals surface area contributed by atoms with Gasteiger partial charge in [0.15, 0.2) is 11.5 Å². The van der Waals surface area contributed by atoms with E-state index < -0.39 is 0 Å². The Morgan fingerprint density at radius 3 is 2.76 bits per heavy atom. The molecule has 0 radical (unpaired) electrons. The summed E-state index contributed by atoms with van der Waals surface area (Å²) in [7, 11) is 0. The van der Waals surface area contributed by atoms with Crippen molar-refractivity contribution in [2.45, 2.75) is 25.3 Å². The first-order valence-electron chi connectivity index (χ1n) is 10.1. The van der Waals surface area contributed by atoms with E-state index in [4.69, 9.17) is 14.5 Å². The number of hydrogen-bond donors (Lipinski definition) is 1. The largest absolute Gasteiger partial charge is 0.454 e. The Balaban J connectivity index is 1.08. The number of ether oxygens (including phenoxy) is 2. The first-order valence-corrected chi connectivity index (χ1v) is 11.0. The number of thiazole rings is 1. The van der Waals surface area contributed by atoms with E-state index in [1.807, 2.05) is 30.6 Å². The number of benzene rings is 1. The Hall–Kier alpha value is -2.64. The van der Waals surface area contributed by atoms with Crippen molar-refractivity contribution in [3.63, 3.8) is 0 Å². The van der Waals surface area contributed by atoms with E-state index >= 15 is 0 Å². The van der Waals surface area contributed by atoms with Crippen molar-refractivity contribution in [3.8, 4) is 22.1 Å². The molecule has 2 aliphatic rings. The summed E-state index contributed by atoms with van der Waals surface area (Å²) in [4.78, 5) is 11.3. The first-order chi connectivity index (χ1) is 14.3. The summed E-state index contributed by atoms with van der Waals surface area (Å²) in [6.45, 7) is 3.41. The van der Waals surface area contributed by atoms with Crippen molar-refractivity contribution < 1.29 is 9.47 Å². The lowest BCUT2D eigenvalue weighted by Gasteiger charge is -2.34. The van der Waals surface area contributed by atoms with E-state index in [2.05, 4.69) is 32.7 Å². The molecule has 2 aromatic heterocycles. The Bertz CT molecular complexity index is 954. The molecule has 0 bridgehead atoms. The summed E-state index contributed by atoms with van der Waals surface area (Å²) in [5.74, 6) is 1.71. The zero-order valence-electron chi connectivity index (χ0n) is 16.2. The summed E-state index contributed by atoms with van der Waals surface area (Å²) in [5.41, 5.74) is 3.52. The third-order valence-electron chi connectivity index (χ3n) is 5.51. The van der Waals surface area contributed by atoms with Gasteiger partial charge in [-0.15, -0.1) is 11.3 Å². The molecule has 5 rings (SSSR count). The summed E-state index contributed by atoms with van der Waals surface area (Å²) in [6, 6.07) is 10.8. The third-order valence-corrected chi connectivity index (χ3v) is 6.45. The van der Waals surface area contributed by atoms with Gasteiger partial charge >= 0.3 is 0 Å². The number of nitrogens with one attached hydrogen (secondary N) is 1. The zero-order valence-corrected chi connectivity index (χ0v) is 17.0. The van der Waals surface area contributed by atoms with Crippen molar-refractivity contribution >= 4 is 17.0 Å². The SMILES string of the molecule is c1cc(-c2nc(CCNC3CCN(c4ccc5c(c4)OCO5)CC3)cs2)ccn1. The van der Waals surface area contributed by atoms with Crippen LogP contribution in [0.15, 0.2) is 48.1 Å². The van der Waals surface area contributed by atoms with Gasteiger partial charge in [0.2, 0.25) is 6.79 Å². The lowest BCUT2D eigenvalue weighted by molar-refractivity contribution is 0.174. The van der Waals surface area contributed by atoms with Crippen LogP contribution in [-0.4, -0.2) is 42.4 Å². The van der Waals surface area contributed by atoms with E-state index in [9.17, 15) is 0 Å². The topological polar surface area (TPSA) is 59.5 Å². The van der Waals surface area contributed by atoms with Crippen LogP contribution in [0.3, 0.4) is 0 Å². The van der Waals surface area contributed by atoms with Gasteiger partial charge in [0.05, 0.1) is 5.69 Å². The standard InChI is InChI=1S/C22H24N4O2S/c1-2-20-21(28-15-27-20)13-19(1)26-11-6-17(7-12-26)24-10-5-18-14-29-22(25-18)16-3-8-23-9-4-16/h1-4,8-9,13-14,17,24H,5-7,10-12,15H2. The minimum Gasteiger partial charge on any atom is -0.454 e. The molecule has 1 fully saturated rings. The van der Waals surface area contributed by atoms with Crippen LogP contribution in [0.25, 0.3) is 10.6 Å². The molecule has 1 N–H and O–H groups in total. The number of aromatic nitrogens is 2. The minimum atomic E-state index is 0.327. The van der Waals surface area contributed by atoms with Crippen molar-refractivity contribution in [2.75, 3.05) is 31.3 Å². The highest BCUT2D eigenvalue weighted by Gasteiger charge is 2.21. The maximum atomic E-state index is 5.51. The molecule has 3 aromatic rings. The average molecular weight is 409 g/mol. The fraction of sp³-hybridized carbons (Fsp3) is 0.364. The molecule has 0 amide bonds. The molecule has 6 nitrogen and oxygen atoms in total. The summed E-state index contributed by atoms with van der Waals surface area (Å²) in [6.07, 6.45) is 6.88. The molecule has 29 heavy (non-hydrogen) atoms. The van der Waals surface area contributed by atoms with Gasteiger partial charge in [-0.2, -0.15) is 0 Å². The second-order valence-corrected chi connectivity index (χ2v) is 8.24.